The molecule has 6 nitrogen and oxygen atoms in total. The summed E-state index contributed by atoms with van der Waals surface area (Å²) in [5.41, 5.74) is 6.34. The van der Waals surface area contributed by atoms with Gasteiger partial charge in [-0.1, -0.05) is 25.5 Å². The fourth-order valence-electron chi connectivity index (χ4n) is 1.54. The third-order valence-corrected chi connectivity index (χ3v) is 2.52. The third kappa shape index (κ3) is 4.14. The van der Waals surface area contributed by atoms with Crippen LogP contribution in [-0.4, -0.2) is 16.9 Å². The lowest BCUT2D eigenvalue weighted by atomic mass is 10.1. The third-order valence-electron chi connectivity index (χ3n) is 2.52. The molecule has 1 atom stereocenters. The smallest absolute Gasteiger partial charge is 0.269 e. The van der Waals surface area contributed by atoms with E-state index in [1.807, 2.05) is 6.92 Å². The molecule has 1 aromatic rings. The minimum Gasteiger partial charge on any atom is -0.351 e. The van der Waals surface area contributed by atoms with Crippen molar-refractivity contribution in [1.29, 1.82) is 0 Å². The molecule has 98 valence electrons. The number of non-ortho nitro benzene ring substituents is 1. The number of nitro benzene ring substituents is 1. The van der Waals surface area contributed by atoms with E-state index in [9.17, 15) is 14.9 Å². The molecular formula is C12H17N3O3. The Morgan fingerprint density at radius 2 is 2.28 bits per heavy atom. The zero-order valence-electron chi connectivity index (χ0n) is 10.3. The van der Waals surface area contributed by atoms with Crippen LogP contribution in [0.5, 0.6) is 0 Å². The van der Waals surface area contributed by atoms with Gasteiger partial charge in [-0.25, -0.2) is 0 Å². The molecule has 18 heavy (non-hydrogen) atoms. The highest BCUT2D eigenvalue weighted by Crippen LogP contribution is 2.12. The highest BCUT2D eigenvalue weighted by molar-refractivity contribution is 5.81. The van der Waals surface area contributed by atoms with Gasteiger partial charge in [0.2, 0.25) is 5.91 Å². The van der Waals surface area contributed by atoms with Gasteiger partial charge in [0.1, 0.15) is 0 Å². The first kappa shape index (κ1) is 14.1. The number of benzene rings is 1. The fourth-order valence-corrected chi connectivity index (χ4v) is 1.54. The lowest BCUT2D eigenvalue weighted by Crippen LogP contribution is -2.40. The monoisotopic (exact) mass is 251 g/mol. The Kier molecular flexibility index (Phi) is 5.26. The quantitative estimate of drug-likeness (QED) is 0.588. The Morgan fingerprint density at radius 1 is 1.56 bits per heavy atom. The van der Waals surface area contributed by atoms with Gasteiger partial charge >= 0.3 is 0 Å². The molecule has 1 unspecified atom stereocenters. The van der Waals surface area contributed by atoms with Crippen molar-refractivity contribution in [2.75, 3.05) is 0 Å². The molecule has 3 N–H and O–H groups in total. The van der Waals surface area contributed by atoms with E-state index in [0.717, 1.165) is 6.42 Å². The predicted octanol–water partition coefficient (Wildman–Crippen LogP) is 1.34. The predicted molar refractivity (Wildman–Crippen MR) is 67.8 cm³/mol. The van der Waals surface area contributed by atoms with Crippen LogP contribution in [0.4, 0.5) is 5.69 Å². The second-order valence-electron chi connectivity index (χ2n) is 4.04. The first-order valence-electron chi connectivity index (χ1n) is 5.81. The molecule has 0 heterocycles. The van der Waals surface area contributed by atoms with E-state index in [2.05, 4.69) is 5.32 Å². The standard InChI is InChI=1S/C12H17N3O3/c1-2-4-11(13)12(16)14-8-9-5-3-6-10(7-9)15(17)18/h3,5-7,11H,2,4,8,13H2,1H3,(H,14,16). The van der Waals surface area contributed by atoms with Crippen LogP contribution in [0.25, 0.3) is 0 Å². The Bertz CT molecular complexity index is 434. The van der Waals surface area contributed by atoms with Crippen molar-refractivity contribution < 1.29 is 9.72 Å². The summed E-state index contributed by atoms with van der Waals surface area (Å²) >= 11 is 0. The zero-order valence-corrected chi connectivity index (χ0v) is 10.3. The number of hydrogen-bond donors (Lipinski definition) is 2. The highest BCUT2D eigenvalue weighted by Gasteiger charge is 2.12. The molecule has 0 aliphatic carbocycles. The number of nitrogens with one attached hydrogen (secondary N) is 1. The molecule has 1 rings (SSSR count). The van der Waals surface area contributed by atoms with Gasteiger partial charge in [-0.2, -0.15) is 0 Å². The number of rotatable bonds is 6. The van der Waals surface area contributed by atoms with Gasteiger partial charge in [-0.3, -0.25) is 14.9 Å². The van der Waals surface area contributed by atoms with Crippen molar-refractivity contribution in [3.63, 3.8) is 0 Å². The molecule has 0 aromatic heterocycles. The molecule has 0 fully saturated rings. The summed E-state index contributed by atoms with van der Waals surface area (Å²) in [6.07, 6.45) is 1.46. The fraction of sp³-hybridized carbons (Fsp3) is 0.417. The summed E-state index contributed by atoms with van der Waals surface area (Å²) in [4.78, 5) is 21.7. The number of carbonyl (C=O) groups excluding carboxylic acids is 1. The lowest BCUT2D eigenvalue weighted by Gasteiger charge is -2.10. The molecule has 0 radical (unpaired) electrons. The van der Waals surface area contributed by atoms with Crippen LogP contribution < -0.4 is 11.1 Å². The van der Waals surface area contributed by atoms with E-state index in [0.29, 0.717) is 12.0 Å². The van der Waals surface area contributed by atoms with Crippen LogP contribution in [0, 0.1) is 10.1 Å². The molecule has 0 aliphatic heterocycles. The summed E-state index contributed by atoms with van der Waals surface area (Å²) in [6, 6.07) is 5.64. The van der Waals surface area contributed by atoms with Crippen molar-refractivity contribution in [2.45, 2.75) is 32.4 Å². The topological polar surface area (TPSA) is 98.3 Å². The lowest BCUT2D eigenvalue weighted by molar-refractivity contribution is -0.384. The van der Waals surface area contributed by atoms with E-state index in [1.165, 1.54) is 12.1 Å². The van der Waals surface area contributed by atoms with Gasteiger partial charge < -0.3 is 11.1 Å². The van der Waals surface area contributed by atoms with E-state index >= 15 is 0 Å². The van der Waals surface area contributed by atoms with Crippen molar-refractivity contribution in [3.8, 4) is 0 Å². The molecule has 1 amide bonds. The van der Waals surface area contributed by atoms with Crippen molar-refractivity contribution in [3.05, 3.63) is 39.9 Å². The summed E-state index contributed by atoms with van der Waals surface area (Å²) < 4.78 is 0. The van der Waals surface area contributed by atoms with E-state index in [-0.39, 0.29) is 18.1 Å². The zero-order chi connectivity index (χ0) is 13.5. The SMILES string of the molecule is CCCC(N)C(=O)NCc1cccc([N+](=O)[O-])c1. The van der Waals surface area contributed by atoms with Gasteiger partial charge in [-0.05, 0) is 12.0 Å². The van der Waals surface area contributed by atoms with Gasteiger partial charge in [0.25, 0.3) is 5.69 Å². The normalized spacial score (nSPS) is 11.9. The van der Waals surface area contributed by atoms with E-state index in [1.54, 1.807) is 12.1 Å². The first-order valence-corrected chi connectivity index (χ1v) is 5.81. The van der Waals surface area contributed by atoms with E-state index < -0.39 is 11.0 Å². The van der Waals surface area contributed by atoms with Gasteiger partial charge in [-0.15, -0.1) is 0 Å². The molecule has 0 spiro atoms. The summed E-state index contributed by atoms with van der Waals surface area (Å²) in [7, 11) is 0. The number of amides is 1. The Balaban J connectivity index is 2.55. The molecule has 0 bridgehead atoms. The van der Waals surface area contributed by atoms with E-state index in [4.69, 9.17) is 5.73 Å². The number of nitro groups is 1. The van der Waals surface area contributed by atoms with Crippen molar-refractivity contribution in [2.24, 2.45) is 5.73 Å². The van der Waals surface area contributed by atoms with Crippen LogP contribution in [0.2, 0.25) is 0 Å². The number of nitrogens with zero attached hydrogens (tertiary/aromatic N) is 1. The van der Waals surface area contributed by atoms with Crippen LogP contribution in [0.15, 0.2) is 24.3 Å². The number of hydrogen-bond acceptors (Lipinski definition) is 4. The summed E-state index contributed by atoms with van der Waals surface area (Å²) in [6.45, 7) is 2.20. The minimum atomic E-state index is -0.520. The molecule has 6 heteroatoms. The van der Waals surface area contributed by atoms with Crippen LogP contribution in [0.3, 0.4) is 0 Å². The number of carbonyl (C=O) groups is 1. The average Bonchev–Trinajstić information content (AvgIpc) is 2.36. The van der Waals surface area contributed by atoms with Crippen LogP contribution in [0.1, 0.15) is 25.3 Å². The number of nitrogens with two attached hydrogens (primary N) is 1. The first-order chi connectivity index (χ1) is 8.54. The maximum atomic E-state index is 11.6. The Morgan fingerprint density at radius 3 is 2.89 bits per heavy atom. The average molecular weight is 251 g/mol. The molecule has 1 aromatic carbocycles. The van der Waals surface area contributed by atoms with Gasteiger partial charge in [0, 0.05) is 18.7 Å². The Labute approximate surface area is 105 Å². The second-order valence-corrected chi connectivity index (χ2v) is 4.04. The molecule has 0 saturated carbocycles. The molecule has 0 saturated heterocycles. The summed E-state index contributed by atoms with van der Waals surface area (Å²) in [5.74, 6) is -0.233. The van der Waals surface area contributed by atoms with Crippen molar-refractivity contribution >= 4 is 11.6 Å². The van der Waals surface area contributed by atoms with Crippen LogP contribution >= 0.6 is 0 Å². The highest BCUT2D eigenvalue weighted by atomic mass is 16.6. The van der Waals surface area contributed by atoms with Crippen LogP contribution in [-0.2, 0) is 11.3 Å². The maximum Gasteiger partial charge on any atom is 0.269 e. The largest absolute Gasteiger partial charge is 0.351 e. The van der Waals surface area contributed by atoms with Gasteiger partial charge in [0.05, 0.1) is 11.0 Å². The summed E-state index contributed by atoms with van der Waals surface area (Å²) in [5, 5.41) is 13.2. The maximum absolute atomic E-state index is 11.6. The van der Waals surface area contributed by atoms with Crippen molar-refractivity contribution in [1.82, 2.24) is 5.32 Å². The minimum absolute atomic E-state index is 0.0135. The Hall–Kier alpha value is -1.95. The second kappa shape index (κ2) is 6.70. The van der Waals surface area contributed by atoms with Gasteiger partial charge in [0.15, 0.2) is 0 Å². The molecule has 0 aliphatic rings. The molecular weight excluding hydrogens is 234 g/mol.